The van der Waals surface area contributed by atoms with Gasteiger partial charge in [0.25, 0.3) is 0 Å². The van der Waals surface area contributed by atoms with E-state index in [9.17, 15) is 0 Å². The average Bonchev–Trinajstić information content (AvgIpc) is 2.81. The summed E-state index contributed by atoms with van der Waals surface area (Å²) >= 11 is 0. The first-order valence-corrected chi connectivity index (χ1v) is 6.63. The van der Waals surface area contributed by atoms with E-state index in [4.69, 9.17) is 5.11 Å². The lowest BCUT2D eigenvalue weighted by atomic mass is 10.2. The highest BCUT2D eigenvalue weighted by Crippen LogP contribution is 2.14. The molecule has 1 unspecified atom stereocenters. The Labute approximate surface area is 104 Å². The van der Waals surface area contributed by atoms with Gasteiger partial charge < -0.3 is 10.4 Å². The van der Waals surface area contributed by atoms with Gasteiger partial charge in [0, 0.05) is 18.8 Å². The Balaban J connectivity index is 2.50. The molecule has 1 aromatic rings. The molecule has 0 aromatic carbocycles. The second-order valence-electron chi connectivity index (χ2n) is 4.43. The van der Waals surface area contributed by atoms with E-state index in [0.717, 1.165) is 31.5 Å². The molecule has 4 nitrogen and oxygen atoms in total. The van der Waals surface area contributed by atoms with Crippen molar-refractivity contribution in [3.8, 4) is 0 Å². The van der Waals surface area contributed by atoms with E-state index in [0.29, 0.717) is 6.04 Å². The Hall–Kier alpha value is -0.870. The Morgan fingerprint density at radius 1 is 1.29 bits per heavy atom. The average molecular weight is 239 g/mol. The molecule has 17 heavy (non-hydrogen) atoms. The second-order valence-corrected chi connectivity index (χ2v) is 4.43. The quantitative estimate of drug-likeness (QED) is 0.730. The van der Waals surface area contributed by atoms with Gasteiger partial charge in [0.15, 0.2) is 0 Å². The molecule has 0 aliphatic heterocycles. The predicted octanol–water partition coefficient (Wildman–Crippen LogP) is 2.10. The number of aromatic nitrogens is 2. The molecule has 0 saturated heterocycles. The molecule has 98 valence electrons. The molecule has 4 heteroatoms. The Bertz CT molecular complexity index is 303. The van der Waals surface area contributed by atoms with E-state index in [1.165, 1.54) is 0 Å². The molecule has 0 amide bonds. The standard InChI is InChI=1S/C13H25N3O/c1-4-11(10-17)14-9-12-7-8-16(15-12)13(5-2)6-3/h7-8,11,13-14,17H,4-6,9-10H2,1-3H3. The van der Waals surface area contributed by atoms with Gasteiger partial charge in [-0.3, -0.25) is 4.68 Å². The third kappa shape index (κ3) is 4.13. The number of nitrogens with one attached hydrogen (secondary N) is 1. The monoisotopic (exact) mass is 239 g/mol. The lowest BCUT2D eigenvalue weighted by Crippen LogP contribution is -2.31. The highest BCUT2D eigenvalue weighted by atomic mass is 16.3. The van der Waals surface area contributed by atoms with Crippen LogP contribution in [0.2, 0.25) is 0 Å². The summed E-state index contributed by atoms with van der Waals surface area (Å²) in [7, 11) is 0. The van der Waals surface area contributed by atoms with Gasteiger partial charge in [-0.25, -0.2) is 0 Å². The van der Waals surface area contributed by atoms with Crippen LogP contribution in [0.15, 0.2) is 12.3 Å². The number of aliphatic hydroxyl groups is 1. The molecule has 0 aliphatic carbocycles. The lowest BCUT2D eigenvalue weighted by molar-refractivity contribution is 0.237. The van der Waals surface area contributed by atoms with Crippen molar-refractivity contribution in [2.45, 2.75) is 58.7 Å². The summed E-state index contributed by atoms with van der Waals surface area (Å²) in [5.74, 6) is 0. The molecule has 0 spiro atoms. The molecule has 0 bridgehead atoms. The van der Waals surface area contributed by atoms with Gasteiger partial charge in [-0.15, -0.1) is 0 Å². The van der Waals surface area contributed by atoms with Crippen LogP contribution < -0.4 is 5.32 Å². The van der Waals surface area contributed by atoms with Crippen molar-refractivity contribution >= 4 is 0 Å². The maximum atomic E-state index is 9.09. The van der Waals surface area contributed by atoms with Crippen molar-refractivity contribution < 1.29 is 5.11 Å². The van der Waals surface area contributed by atoms with Crippen LogP contribution >= 0.6 is 0 Å². The van der Waals surface area contributed by atoms with Crippen molar-refractivity contribution in [1.29, 1.82) is 0 Å². The fraction of sp³-hybridized carbons (Fsp3) is 0.769. The van der Waals surface area contributed by atoms with Crippen molar-refractivity contribution in [1.82, 2.24) is 15.1 Å². The molecular formula is C13H25N3O. The first-order valence-electron chi connectivity index (χ1n) is 6.63. The summed E-state index contributed by atoms with van der Waals surface area (Å²) in [6, 6.07) is 2.73. The smallest absolute Gasteiger partial charge is 0.0762 e. The topological polar surface area (TPSA) is 50.1 Å². The molecule has 2 N–H and O–H groups in total. The van der Waals surface area contributed by atoms with Crippen molar-refractivity contribution in [2.75, 3.05) is 6.61 Å². The van der Waals surface area contributed by atoms with Crippen molar-refractivity contribution in [3.63, 3.8) is 0 Å². The zero-order valence-corrected chi connectivity index (χ0v) is 11.2. The van der Waals surface area contributed by atoms with Crippen LogP contribution in [0.5, 0.6) is 0 Å². The maximum Gasteiger partial charge on any atom is 0.0762 e. The van der Waals surface area contributed by atoms with E-state index in [1.54, 1.807) is 0 Å². The summed E-state index contributed by atoms with van der Waals surface area (Å²) in [5, 5.41) is 16.9. The Morgan fingerprint density at radius 3 is 2.53 bits per heavy atom. The number of aliphatic hydroxyl groups excluding tert-OH is 1. The van der Waals surface area contributed by atoms with E-state index in [-0.39, 0.29) is 12.6 Å². The van der Waals surface area contributed by atoms with Crippen molar-refractivity contribution in [3.05, 3.63) is 18.0 Å². The van der Waals surface area contributed by atoms with E-state index in [2.05, 4.69) is 48.1 Å². The van der Waals surface area contributed by atoms with Crippen LogP contribution in [0.3, 0.4) is 0 Å². The minimum Gasteiger partial charge on any atom is -0.395 e. The zero-order chi connectivity index (χ0) is 12.7. The van der Waals surface area contributed by atoms with Gasteiger partial charge in [-0.1, -0.05) is 20.8 Å². The van der Waals surface area contributed by atoms with Gasteiger partial charge in [0.05, 0.1) is 18.3 Å². The third-order valence-electron chi connectivity index (χ3n) is 3.27. The Morgan fingerprint density at radius 2 is 2.00 bits per heavy atom. The van der Waals surface area contributed by atoms with Crippen LogP contribution in [0, 0.1) is 0 Å². The number of hydrogen-bond acceptors (Lipinski definition) is 3. The van der Waals surface area contributed by atoms with Crippen molar-refractivity contribution in [2.24, 2.45) is 0 Å². The molecule has 0 aliphatic rings. The van der Waals surface area contributed by atoms with Gasteiger partial charge in [-0.2, -0.15) is 5.10 Å². The number of hydrogen-bond donors (Lipinski definition) is 2. The van der Waals surface area contributed by atoms with Gasteiger partial charge in [-0.05, 0) is 25.3 Å². The highest BCUT2D eigenvalue weighted by molar-refractivity contribution is 4.99. The maximum absolute atomic E-state index is 9.09. The first kappa shape index (κ1) is 14.2. The van der Waals surface area contributed by atoms with Crippen LogP contribution in [0.25, 0.3) is 0 Å². The predicted molar refractivity (Wildman–Crippen MR) is 69.9 cm³/mol. The fourth-order valence-corrected chi connectivity index (χ4v) is 1.92. The SMILES string of the molecule is CCC(CO)NCc1ccn(C(CC)CC)n1. The largest absolute Gasteiger partial charge is 0.395 e. The molecule has 1 aromatic heterocycles. The number of rotatable bonds is 8. The lowest BCUT2D eigenvalue weighted by Gasteiger charge is -2.14. The molecule has 1 rings (SSSR count). The minimum absolute atomic E-state index is 0.174. The summed E-state index contributed by atoms with van der Waals surface area (Å²) in [4.78, 5) is 0. The minimum atomic E-state index is 0.174. The van der Waals surface area contributed by atoms with E-state index in [1.807, 2.05) is 0 Å². The van der Waals surface area contributed by atoms with E-state index < -0.39 is 0 Å². The molecule has 0 saturated carbocycles. The second kappa shape index (κ2) is 7.45. The molecular weight excluding hydrogens is 214 g/mol. The van der Waals surface area contributed by atoms with Gasteiger partial charge in [0.1, 0.15) is 0 Å². The fourth-order valence-electron chi connectivity index (χ4n) is 1.92. The van der Waals surface area contributed by atoms with Gasteiger partial charge >= 0.3 is 0 Å². The molecule has 1 atom stereocenters. The third-order valence-corrected chi connectivity index (χ3v) is 3.27. The van der Waals surface area contributed by atoms with Crippen LogP contribution in [0.1, 0.15) is 51.8 Å². The molecule has 0 radical (unpaired) electrons. The summed E-state index contributed by atoms with van der Waals surface area (Å²) in [6.45, 7) is 7.35. The zero-order valence-electron chi connectivity index (χ0n) is 11.2. The van der Waals surface area contributed by atoms with Crippen LogP contribution in [-0.2, 0) is 6.54 Å². The molecule has 1 heterocycles. The normalized spacial score (nSPS) is 13.2. The van der Waals surface area contributed by atoms with Gasteiger partial charge in [0.2, 0.25) is 0 Å². The number of nitrogens with zero attached hydrogens (tertiary/aromatic N) is 2. The van der Waals surface area contributed by atoms with E-state index >= 15 is 0 Å². The summed E-state index contributed by atoms with van der Waals surface area (Å²) in [6.07, 6.45) is 5.21. The highest BCUT2D eigenvalue weighted by Gasteiger charge is 2.09. The van der Waals surface area contributed by atoms with Crippen LogP contribution in [-0.4, -0.2) is 27.5 Å². The Kier molecular flexibility index (Phi) is 6.22. The van der Waals surface area contributed by atoms with Crippen LogP contribution in [0.4, 0.5) is 0 Å². The summed E-state index contributed by atoms with van der Waals surface area (Å²) < 4.78 is 2.05. The summed E-state index contributed by atoms with van der Waals surface area (Å²) in [5.41, 5.74) is 1.05. The molecule has 0 fully saturated rings. The first-order chi connectivity index (χ1) is 8.24.